The van der Waals surface area contributed by atoms with Crippen molar-refractivity contribution >= 4 is 35.0 Å². The number of imide groups is 1. The Morgan fingerprint density at radius 3 is 2.41 bits per heavy atom. The monoisotopic (exact) mass is 440 g/mol. The lowest BCUT2D eigenvalue weighted by Gasteiger charge is -2.35. The third kappa shape index (κ3) is 2.72. The number of benzene rings is 2. The second-order valence-electron chi connectivity index (χ2n) is 8.42. The summed E-state index contributed by atoms with van der Waals surface area (Å²) in [5.74, 6) is -1.80. The van der Waals surface area contributed by atoms with Gasteiger partial charge in [0.25, 0.3) is 0 Å². The van der Waals surface area contributed by atoms with Crippen molar-refractivity contribution in [1.29, 1.82) is 0 Å². The van der Waals surface area contributed by atoms with E-state index in [1.165, 1.54) is 16.2 Å². The SMILES string of the molecule is O=C(c1cccs1)[C@@H]1[C@@H]2C(=O)N(Cc3ccccc3)C(=O)[C@@H]2C2c3ccccc3C=CN21. The minimum atomic E-state index is -0.693. The number of Topliss-reactive ketones (excluding diaryl/α,β-unsaturated/α-hetero) is 1. The molecule has 2 fully saturated rings. The molecule has 3 aliphatic heterocycles. The number of nitrogens with zero attached hydrogens (tertiary/aromatic N) is 2. The summed E-state index contributed by atoms with van der Waals surface area (Å²) in [5, 5.41) is 1.86. The van der Waals surface area contributed by atoms with E-state index in [9.17, 15) is 14.4 Å². The van der Waals surface area contributed by atoms with Gasteiger partial charge in [-0.05, 0) is 34.2 Å². The maximum absolute atomic E-state index is 13.7. The van der Waals surface area contributed by atoms with Crippen LogP contribution in [0.3, 0.4) is 0 Å². The molecule has 0 N–H and O–H groups in total. The first-order chi connectivity index (χ1) is 15.6. The molecule has 32 heavy (non-hydrogen) atoms. The first-order valence-electron chi connectivity index (χ1n) is 10.7. The number of carbonyl (C=O) groups is 3. The summed E-state index contributed by atoms with van der Waals surface area (Å²) in [5.41, 5.74) is 2.92. The fraction of sp³-hybridized carbons (Fsp3) is 0.192. The number of thiophene rings is 1. The molecule has 2 aromatic carbocycles. The number of fused-ring (bicyclic) bond motifs is 5. The van der Waals surface area contributed by atoms with Gasteiger partial charge in [0, 0.05) is 6.20 Å². The number of ketones is 1. The standard InChI is InChI=1S/C26H20N2O3S/c29-24(19-11-6-14-32-19)23-21-20(22-18-10-5-4-9-17(18)12-13-27(22)23)25(30)28(26(21)31)15-16-7-2-1-3-8-16/h1-14,20-23H,15H2/t20-,21+,22?,23-/m0/s1. The molecule has 0 aliphatic carbocycles. The lowest BCUT2D eigenvalue weighted by molar-refractivity contribution is -0.142. The highest BCUT2D eigenvalue weighted by Crippen LogP contribution is 2.53. The second kappa shape index (κ2) is 7.28. The van der Waals surface area contributed by atoms with Gasteiger partial charge in [-0.1, -0.05) is 60.7 Å². The predicted octanol–water partition coefficient (Wildman–Crippen LogP) is 4.14. The van der Waals surface area contributed by atoms with Gasteiger partial charge in [-0.2, -0.15) is 0 Å². The number of hydrogen-bond acceptors (Lipinski definition) is 5. The molecule has 6 rings (SSSR count). The molecule has 5 nitrogen and oxygen atoms in total. The number of amides is 2. The van der Waals surface area contributed by atoms with Crippen molar-refractivity contribution < 1.29 is 14.4 Å². The Morgan fingerprint density at radius 1 is 0.875 bits per heavy atom. The van der Waals surface area contributed by atoms with E-state index in [1.807, 2.05) is 83.2 Å². The highest BCUT2D eigenvalue weighted by Gasteiger charge is 2.64. The van der Waals surface area contributed by atoms with Gasteiger partial charge in [-0.15, -0.1) is 11.3 Å². The average Bonchev–Trinajstić information content (AvgIpc) is 3.53. The Labute approximate surface area is 189 Å². The summed E-state index contributed by atoms with van der Waals surface area (Å²) in [6.07, 6.45) is 3.86. The van der Waals surface area contributed by atoms with Crippen LogP contribution in [0.5, 0.6) is 0 Å². The third-order valence-corrected chi connectivity index (χ3v) is 7.65. The van der Waals surface area contributed by atoms with Crippen molar-refractivity contribution in [3.63, 3.8) is 0 Å². The molecule has 0 bridgehead atoms. The van der Waals surface area contributed by atoms with Gasteiger partial charge in [0.2, 0.25) is 11.8 Å². The zero-order valence-corrected chi connectivity index (χ0v) is 17.9. The van der Waals surface area contributed by atoms with Crippen molar-refractivity contribution in [3.8, 4) is 0 Å². The van der Waals surface area contributed by atoms with E-state index < -0.39 is 17.9 Å². The molecule has 0 saturated carbocycles. The Balaban J connectivity index is 1.45. The van der Waals surface area contributed by atoms with Crippen molar-refractivity contribution in [1.82, 2.24) is 9.80 Å². The zero-order chi connectivity index (χ0) is 21.8. The van der Waals surface area contributed by atoms with E-state index in [2.05, 4.69) is 0 Å². The molecule has 2 saturated heterocycles. The van der Waals surface area contributed by atoms with Crippen molar-refractivity contribution in [2.75, 3.05) is 0 Å². The van der Waals surface area contributed by atoms with E-state index in [1.54, 1.807) is 6.07 Å². The zero-order valence-electron chi connectivity index (χ0n) is 17.1. The summed E-state index contributed by atoms with van der Waals surface area (Å²) in [6.45, 7) is 0.232. The molecule has 6 heteroatoms. The maximum Gasteiger partial charge on any atom is 0.236 e. The van der Waals surface area contributed by atoms with Gasteiger partial charge in [0.05, 0.1) is 29.3 Å². The minimum Gasteiger partial charge on any atom is -0.358 e. The molecule has 2 amide bonds. The van der Waals surface area contributed by atoms with Gasteiger partial charge < -0.3 is 4.90 Å². The molecule has 3 aliphatic rings. The van der Waals surface area contributed by atoms with E-state index in [-0.39, 0.29) is 30.2 Å². The van der Waals surface area contributed by atoms with Gasteiger partial charge in [0.1, 0.15) is 6.04 Å². The quantitative estimate of drug-likeness (QED) is 0.452. The van der Waals surface area contributed by atoms with Gasteiger partial charge in [0.15, 0.2) is 5.78 Å². The molecule has 4 atom stereocenters. The van der Waals surface area contributed by atoms with Crippen LogP contribution in [0.25, 0.3) is 6.08 Å². The topological polar surface area (TPSA) is 57.7 Å². The van der Waals surface area contributed by atoms with Crippen LogP contribution in [-0.4, -0.2) is 33.4 Å². The molecule has 1 unspecified atom stereocenters. The van der Waals surface area contributed by atoms with Crippen molar-refractivity contribution in [2.24, 2.45) is 11.8 Å². The van der Waals surface area contributed by atoms with Crippen LogP contribution in [0.4, 0.5) is 0 Å². The summed E-state index contributed by atoms with van der Waals surface area (Å²) in [4.78, 5) is 44.8. The van der Waals surface area contributed by atoms with Crippen LogP contribution in [-0.2, 0) is 16.1 Å². The van der Waals surface area contributed by atoms with Crippen LogP contribution >= 0.6 is 11.3 Å². The molecule has 3 aromatic rings. The first-order valence-corrected chi connectivity index (χ1v) is 11.5. The first kappa shape index (κ1) is 19.2. The van der Waals surface area contributed by atoms with E-state index >= 15 is 0 Å². The molecular formula is C26H20N2O3S. The molecule has 1 aromatic heterocycles. The summed E-state index contributed by atoms with van der Waals surface area (Å²) in [6, 6.07) is 20.1. The third-order valence-electron chi connectivity index (χ3n) is 6.77. The Morgan fingerprint density at radius 2 is 1.62 bits per heavy atom. The average molecular weight is 441 g/mol. The van der Waals surface area contributed by atoms with Gasteiger partial charge in [-0.25, -0.2) is 0 Å². The maximum atomic E-state index is 13.7. The van der Waals surface area contributed by atoms with E-state index in [0.717, 1.165) is 16.7 Å². The number of likely N-dealkylation sites (tertiary alicyclic amines) is 1. The number of carbonyl (C=O) groups excluding carboxylic acids is 3. The summed E-state index contributed by atoms with van der Waals surface area (Å²) < 4.78 is 0. The predicted molar refractivity (Wildman–Crippen MR) is 121 cm³/mol. The molecule has 0 spiro atoms. The van der Waals surface area contributed by atoms with Crippen LogP contribution in [0.15, 0.2) is 78.3 Å². The Bertz CT molecular complexity index is 1250. The Kier molecular flexibility index (Phi) is 4.36. The molecule has 0 radical (unpaired) electrons. The lowest BCUT2D eigenvalue weighted by Crippen LogP contribution is -2.43. The highest BCUT2D eigenvalue weighted by atomic mass is 32.1. The van der Waals surface area contributed by atoms with Gasteiger partial charge in [-0.3, -0.25) is 19.3 Å². The van der Waals surface area contributed by atoms with Crippen molar-refractivity contribution in [2.45, 2.75) is 18.6 Å². The van der Waals surface area contributed by atoms with Crippen LogP contribution < -0.4 is 0 Å². The summed E-state index contributed by atoms with van der Waals surface area (Å²) in [7, 11) is 0. The number of rotatable bonds is 4. The molecule has 158 valence electrons. The van der Waals surface area contributed by atoms with Crippen LogP contribution in [0, 0.1) is 11.8 Å². The summed E-state index contributed by atoms with van der Waals surface area (Å²) >= 11 is 1.37. The number of hydrogen-bond donors (Lipinski definition) is 0. The minimum absolute atomic E-state index is 0.0933. The smallest absolute Gasteiger partial charge is 0.236 e. The fourth-order valence-corrected chi connectivity index (χ4v) is 6.10. The highest BCUT2D eigenvalue weighted by molar-refractivity contribution is 7.12. The van der Waals surface area contributed by atoms with Crippen LogP contribution in [0.2, 0.25) is 0 Å². The molecular weight excluding hydrogens is 420 g/mol. The molecule has 4 heterocycles. The van der Waals surface area contributed by atoms with E-state index in [0.29, 0.717) is 4.88 Å². The lowest BCUT2D eigenvalue weighted by atomic mass is 9.84. The van der Waals surface area contributed by atoms with Crippen LogP contribution in [0.1, 0.15) is 32.4 Å². The van der Waals surface area contributed by atoms with Crippen molar-refractivity contribution in [3.05, 3.63) is 99.9 Å². The normalized spacial score (nSPS) is 25.6. The largest absolute Gasteiger partial charge is 0.358 e. The van der Waals surface area contributed by atoms with Gasteiger partial charge >= 0.3 is 0 Å². The second-order valence-corrected chi connectivity index (χ2v) is 9.37. The fourth-order valence-electron chi connectivity index (χ4n) is 5.41. The Hall–Kier alpha value is -3.51. The van der Waals surface area contributed by atoms with E-state index in [4.69, 9.17) is 0 Å².